The normalized spacial score (nSPS) is 16.8. The quantitative estimate of drug-likeness (QED) is 0.489. The van der Waals surface area contributed by atoms with Crippen LogP contribution in [0.2, 0.25) is 0 Å². The Morgan fingerprint density at radius 1 is 1.09 bits per heavy atom. The average molecular weight is 304 g/mol. The second kappa shape index (κ2) is 6.62. The molecule has 1 saturated heterocycles. The molecule has 1 aromatic rings. The summed E-state index contributed by atoms with van der Waals surface area (Å²) in [5.41, 5.74) is 1.82. The second-order valence-electron chi connectivity index (χ2n) is 5.43. The highest BCUT2D eigenvalue weighted by atomic mass is 16.7. The van der Waals surface area contributed by atoms with Gasteiger partial charge in [-0.15, -0.1) is 0 Å². The van der Waals surface area contributed by atoms with Crippen molar-refractivity contribution in [3.63, 3.8) is 0 Å². The zero-order valence-corrected chi connectivity index (χ0v) is 12.9. The van der Waals surface area contributed by atoms with Crippen molar-refractivity contribution in [2.75, 3.05) is 18.9 Å². The van der Waals surface area contributed by atoms with E-state index < -0.39 is 17.7 Å². The summed E-state index contributed by atoms with van der Waals surface area (Å²) in [4.78, 5) is 23.6. The molecule has 22 heavy (non-hydrogen) atoms. The molecule has 0 aromatic heterocycles. The summed E-state index contributed by atoms with van der Waals surface area (Å²) in [6, 6.07) is 7.73. The summed E-state index contributed by atoms with van der Waals surface area (Å²) in [5.74, 6) is -2.61. The van der Waals surface area contributed by atoms with Crippen LogP contribution in [0.15, 0.2) is 36.0 Å². The molecule has 0 spiro atoms. The van der Waals surface area contributed by atoms with Crippen LogP contribution in [0.5, 0.6) is 0 Å². The van der Waals surface area contributed by atoms with Gasteiger partial charge in [0.1, 0.15) is 0 Å². The first-order valence-electron chi connectivity index (χ1n) is 7.08. The molecular formula is C16H20N2O4. The first-order chi connectivity index (χ1) is 10.4. The highest BCUT2D eigenvalue weighted by Crippen LogP contribution is 2.22. The van der Waals surface area contributed by atoms with Gasteiger partial charge in [-0.3, -0.25) is 0 Å². The molecule has 0 atom stereocenters. The summed E-state index contributed by atoms with van der Waals surface area (Å²) >= 11 is 0. The molecule has 1 aliphatic heterocycles. The molecule has 6 heteroatoms. The van der Waals surface area contributed by atoms with Crippen LogP contribution in [0.1, 0.15) is 19.4 Å². The summed E-state index contributed by atoms with van der Waals surface area (Å²) in [6.07, 6.45) is 2.24. The molecule has 0 bridgehead atoms. The second-order valence-corrected chi connectivity index (χ2v) is 5.43. The molecule has 1 fully saturated rings. The zero-order valence-electron chi connectivity index (χ0n) is 12.9. The molecule has 1 heterocycles. The summed E-state index contributed by atoms with van der Waals surface area (Å²) in [7, 11) is 1.91. The smallest absolute Gasteiger partial charge is 0.350 e. The Hall–Kier alpha value is -2.34. The molecule has 0 aliphatic carbocycles. The van der Waals surface area contributed by atoms with E-state index in [2.05, 4.69) is 10.6 Å². The van der Waals surface area contributed by atoms with E-state index >= 15 is 0 Å². The lowest BCUT2D eigenvalue weighted by Crippen LogP contribution is -2.42. The van der Waals surface area contributed by atoms with E-state index in [4.69, 9.17) is 9.47 Å². The maximum atomic E-state index is 11.8. The lowest BCUT2D eigenvalue weighted by Gasteiger charge is -2.29. The van der Waals surface area contributed by atoms with E-state index in [0.29, 0.717) is 0 Å². The topological polar surface area (TPSA) is 76.7 Å². The third-order valence-corrected chi connectivity index (χ3v) is 3.12. The molecule has 118 valence electrons. The molecular weight excluding hydrogens is 284 g/mol. The number of anilines is 1. The van der Waals surface area contributed by atoms with Crippen molar-refractivity contribution in [2.45, 2.75) is 26.1 Å². The van der Waals surface area contributed by atoms with Gasteiger partial charge >= 0.3 is 11.9 Å². The van der Waals surface area contributed by atoms with Gasteiger partial charge in [0.25, 0.3) is 5.79 Å². The number of cyclic esters (lactones) is 2. The Bertz CT molecular complexity index is 569. The highest BCUT2D eigenvalue weighted by Gasteiger charge is 2.38. The van der Waals surface area contributed by atoms with Crippen LogP contribution in [0.3, 0.4) is 0 Å². The van der Waals surface area contributed by atoms with Crippen LogP contribution in [-0.4, -0.2) is 31.3 Å². The lowest BCUT2D eigenvalue weighted by molar-refractivity contribution is -0.222. The van der Waals surface area contributed by atoms with Crippen molar-refractivity contribution in [1.29, 1.82) is 0 Å². The number of carbonyl (C=O) groups excluding carboxylic acids is 2. The van der Waals surface area contributed by atoms with Gasteiger partial charge in [0.05, 0.1) is 0 Å². The molecule has 2 N–H and O–H groups in total. The Morgan fingerprint density at radius 2 is 1.68 bits per heavy atom. The number of hydrogen-bond acceptors (Lipinski definition) is 6. The van der Waals surface area contributed by atoms with E-state index in [1.165, 1.54) is 25.6 Å². The largest absolute Gasteiger partial charge is 0.419 e. The van der Waals surface area contributed by atoms with Gasteiger partial charge in [0, 0.05) is 25.7 Å². The molecule has 0 unspecified atom stereocenters. The predicted molar refractivity (Wildman–Crippen MR) is 82.0 cm³/mol. The Balaban J connectivity index is 2.02. The predicted octanol–water partition coefficient (Wildman–Crippen LogP) is 1.58. The first-order valence-corrected chi connectivity index (χ1v) is 7.08. The molecule has 0 amide bonds. The Morgan fingerprint density at radius 3 is 2.23 bits per heavy atom. The third-order valence-electron chi connectivity index (χ3n) is 3.12. The van der Waals surface area contributed by atoms with Crippen molar-refractivity contribution in [1.82, 2.24) is 5.32 Å². The third kappa shape index (κ3) is 4.08. The van der Waals surface area contributed by atoms with Crippen molar-refractivity contribution >= 4 is 17.6 Å². The van der Waals surface area contributed by atoms with Crippen LogP contribution in [0.25, 0.3) is 0 Å². The van der Waals surface area contributed by atoms with E-state index in [1.54, 1.807) is 0 Å². The monoisotopic (exact) mass is 304 g/mol. The van der Waals surface area contributed by atoms with E-state index in [1.807, 2.05) is 31.3 Å². The molecule has 0 radical (unpaired) electrons. The van der Waals surface area contributed by atoms with Gasteiger partial charge in [-0.2, -0.15) is 0 Å². The molecule has 0 saturated carbocycles. The summed E-state index contributed by atoms with van der Waals surface area (Å²) in [6.45, 7) is 3.93. The van der Waals surface area contributed by atoms with Crippen molar-refractivity contribution in [2.24, 2.45) is 0 Å². The maximum absolute atomic E-state index is 11.8. The van der Waals surface area contributed by atoms with Crippen LogP contribution in [-0.2, 0) is 25.5 Å². The van der Waals surface area contributed by atoms with E-state index in [0.717, 1.165) is 18.7 Å². The van der Waals surface area contributed by atoms with Gasteiger partial charge in [-0.05, 0) is 37.7 Å². The fourth-order valence-electron chi connectivity index (χ4n) is 1.97. The van der Waals surface area contributed by atoms with Crippen LogP contribution < -0.4 is 10.6 Å². The number of esters is 2. The number of ether oxygens (including phenoxy) is 2. The van der Waals surface area contributed by atoms with Crippen LogP contribution in [0.4, 0.5) is 5.69 Å². The lowest BCUT2D eigenvalue weighted by atomic mass is 10.1. The minimum atomic E-state index is -1.22. The summed E-state index contributed by atoms with van der Waals surface area (Å²) < 4.78 is 10.0. The molecule has 1 aromatic carbocycles. The number of rotatable bonds is 5. The number of likely N-dealkylation sites (N-methyl/N-ethyl adjacent to an activating group) is 1. The van der Waals surface area contributed by atoms with Crippen molar-refractivity contribution in [3.8, 4) is 0 Å². The number of benzene rings is 1. The van der Waals surface area contributed by atoms with Gasteiger partial charge < -0.3 is 20.1 Å². The fourth-order valence-corrected chi connectivity index (χ4v) is 1.97. The SMILES string of the molecule is CNCCc1ccc(NC=C2C(=O)OC(C)(C)OC2=O)cc1. The van der Waals surface area contributed by atoms with Crippen molar-refractivity contribution in [3.05, 3.63) is 41.6 Å². The Kier molecular flexibility index (Phi) is 4.82. The Labute approximate surface area is 129 Å². The number of hydrogen-bond donors (Lipinski definition) is 2. The van der Waals surface area contributed by atoms with Gasteiger partial charge in [0.15, 0.2) is 5.57 Å². The molecule has 2 rings (SSSR count). The van der Waals surface area contributed by atoms with E-state index in [-0.39, 0.29) is 5.57 Å². The minimum absolute atomic E-state index is 0.154. The van der Waals surface area contributed by atoms with Crippen molar-refractivity contribution < 1.29 is 19.1 Å². The van der Waals surface area contributed by atoms with Gasteiger partial charge in [-0.25, -0.2) is 9.59 Å². The minimum Gasteiger partial charge on any atom is -0.419 e. The molecule has 6 nitrogen and oxygen atoms in total. The first kappa shape index (κ1) is 16.0. The highest BCUT2D eigenvalue weighted by molar-refractivity contribution is 6.15. The number of nitrogens with one attached hydrogen (secondary N) is 2. The van der Waals surface area contributed by atoms with Gasteiger partial charge in [-0.1, -0.05) is 12.1 Å². The van der Waals surface area contributed by atoms with Crippen LogP contribution >= 0.6 is 0 Å². The zero-order chi connectivity index (χ0) is 16.2. The maximum Gasteiger partial charge on any atom is 0.350 e. The standard InChI is InChI=1S/C16H20N2O4/c1-16(2)21-14(19)13(15(20)22-16)10-18-12-6-4-11(5-7-12)8-9-17-3/h4-7,10,17-18H,8-9H2,1-3H3. The van der Waals surface area contributed by atoms with Crippen LogP contribution in [0, 0.1) is 0 Å². The molecule has 1 aliphatic rings. The average Bonchev–Trinajstić information content (AvgIpc) is 2.44. The number of carbonyl (C=O) groups is 2. The van der Waals surface area contributed by atoms with Gasteiger partial charge in [0.2, 0.25) is 0 Å². The summed E-state index contributed by atoms with van der Waals surface area (Å²) in [5, 5.41) is 5.99. The van der Waals surface area contributed by atoms with E-state index in [9.17, 15) is 9.59 Å². The fraction of sp³-hybridized carbons (Fsp3) is 0.375.